The van der Waals surface area contributed by atoms with Crippen LogP contribution in [0.4, 0.5) is 5.69 Å². The van der Waals surface area contributed by atoms with Crippen molar-refractivity contribution in [3.8, 4) is 5.75 Å². The molecule has 1 aromatic heterocycles. The number of amides is 1. The van der Waals surface area contributed by atoms with Crippen molar-refractivity contribution >= 4 is 40.2 Å². The van der Waals surface area contributed by atoms with E-state index in [1.54, 1.807) is 43.3 Å². The lowest BCUT2D eigenvalue weighted by Crippen LogP contribution is -2.14. The van der Waals surface area contributed by atoms with Crippen LogP contribution in [0.15, 0.2) is 53.3 Å². The minimum absolute atomic E-state index is 0.128. The molecule has 162 valence electrons. The van der Waals surface area contributed by atoms with E-state index in [1.165, 1.54) is 23.9 Å². The minimum atomic E-state index is -0.457. The fourth-order valence-corrected chi connectivity index (χ4v) is 3.71. The first-order valence-corrected chi connectivity index (χ1v) is 11.1. The third-order valence-electron chi connectivity index (χ3n) is 4.34. The van der Waals surface area contributed by atoms with Crippen LogP contribution in [0.1, 0.15) is 29.9 Å². The summed E-state index contributed by atoms with van der Waals surface area (Å²) < 4.78 is 10.4. The number of thioether (sulfide) groups is 1. The second-order valence-electron chi connectivity index (χ2n) is 6.64. The molecule has 1 heterocycles. The van der Waals surface area contributed by atoms with Gasteiger partial charge in [-0.3, -0.25) is 9.59 Å². The van der Waals surface area contributed by atoms with E-state index in [4.69, 9.17) is 9.47 Å². The first-order valence-electron chi connectivity index (χ1n) is 9.93. The van der Waals surface area contributed by atoms with Gasteiger partial charge in [0.1, 0.15) is 5.75 Å². The maximum Gasteiger partial charge on any atom is 0.338 e. The highest BCUT2D eigenvalue weighted by atomic mass is 32.2. The van der Waals surface area contributed by atoms with Gasteiger partial charge in [0.25, 0.3) is 0 Å². The molecule has 8 heteroatoms. The Kier molecular flexibility index (Phi) is 7.72. The van der Waals surface area contributed by atoms with Crippen LogP contribution in [0.5, 0.6) is 5.75 Å². The molecule has 31 heavy (non-hydrogen) atoms. The largest absolute Gasteiger partial charge is 0.494 e. The molecule has 0 radical (unpaired) electrons. The van der Waals surface area contributed by atoms with Crippen LogP contribution in [0.3, 0.4) is 0 Å². The number of aromatic nitrogens is 1. The lowest BCUT2D eigenvalue weighted by molar-refractivity contribution is -0.113. The summed E-state index contributed by atoms with van der Waals surface area (Å²) in [5.74, 6) is 0.888. The fraction of sp³-hybridized carbons (Fsp3) is 0.261. The molecule has 3 aromatic rings. The normalized spacial score (nSPS) is 10.6. The predicted octanol–water partition coefficient (Wildman–Crippen LogP) is 3.98. The Hall–Kier alpha value is -3.26. The standard InChI is InChI=1S/C23H24N2O5S/c1-3-29-18-8-6-16(7-9-18)25-22(27)14-31-13-17-12-21(26)19-11-15(23(28)30-4-2)5-10-20(19)24-17/h5-12H,3-4,13-14H2,1-2H3,(H,24,26)(H,25,27). The number of esters is 1. The van der Waals surface area contributed by atoms with Gasteiger partial charge in [0, 0.05) is 34.1 Å². The molecule has 0 spiro atoms. The smallest absolute Gasteiger partial charge is 0.338 e. The van der Waals surface area contributed by atoms with Crippen LogP contribution in [0.25, 0.3) is 10.9 Å². The zero-order valence-corrected chi connectivity index (χ0v) is 18.2. The van der Waals surface area contributed by atoms with E-state index in [0.717, 1.165) is 5.75 Å². The van der Waals surface area contributed by atoms with Crippen LogP contribution < -0.4 is 15.5 Å². The maximum absolute atomic E-state index is 12.5. The van der Waals surface area contributed by atoms with E-state index in [0.29, 0.717) is 40.2 Å². The Bertz CT molecular complexity index is 1130. The Morgan fingerprint density at radius 1 is 1.03 bits per heavy atom. The van der Waals surface area contributed by atoms with Crippen molar-refractivity contribution in [3.05, 3.63) is 70.0 Å². The summed E-state index contributed by atoms with van der Waals surface area (Å²) >= 11 is 1.40. The van der Waals surface area contributed by atoms with E-state index in [-0.39, 0.29) is 23.7 Å². The molecule has 0 bridgehead atoms. The van der Waals surface area contributed by atoms with E-state index < -0.39 is 5.97 Å². The molecule has 0 aliphatic heterocycles. The molecular weight excluding hydrogens is 416 g/mol. The van der Waals surface area contributed by atoms with E-state index >= 15 is 0 Å². The van der Waals surface area contributed by atoms with Crippen LogP contribution in [0, 0.1) is 0 Å². The number of H-pyrrole nitrogens is 1. The van der Waals surface area contributed by atoms with Crippen molar-refractivity contribution in [2.75, 3.05) is 24.3 Å². The molecule has 0 unspecified atom stereocenters. The topological polar surface area (TPSA) is 97.5 Å². The van der Waals surface area contributed by atoms with Crippen molar-refractivity contribution in [1.29, 1.82) is 0 Å². The van der Waals surface area contributed by atoms with Crippen LogP contribution in [-0.4, -0.2) is 35.8 Å². The zero-order chi connectivity index (χ0) is 22.2. The molecule has 0 aliphatic carbocycles. The summed E-state index contributed by atoms with van der Waals surface area (Å²) in [6.45, 7) is 4.51. The summed E-state index contributed by atoms with van der Waals surface area (Å²) in [6, 6.07) is 13.5. The van der Waals surface area contributed by atoms with Crippen molar-refractivity contribution in [3.63, 3.8) is 0 Å². The summed E-state index contributed by atoms with van der Waals surface area (Å²) in [4.78, 5) is 39.7. The average molecular weight is 441 g/mol. The molecule has 3 rings (SSSR count). The van der Waals surface area contributed by atoms with Gasteiger partial charge in [-0.05, 0) is 56.3 Å². The molecule has 0 saturated carbocycles. The van der Waals surface area contributed by atoms with Gasteiger partial charge in [-0.25, -0.2) is 4.79 Å². The summed E-state index contributed by atoms with van der Waals surface area (Å²) in [6.07, 6.45) is 0. The molecule has 0 atom stereocenters. The first kappa shape index (κ1) is 22.4. The number of pyridine rings is 1. The van der Waals surface area contributed by atoms with E-state index in [2.05, 4.69) is 10.3 Å². The van der Waals surface area contributed by atoms with Gasteiger partial charge in [0.15, 0.2) is 5.43 Å². The number of aromatic amines is 1. The maximum atomic E-state index is 12.5. The zero-order valence-electron chi connectivity index (χ0n) is 17.4. The summed E-state index contributed by atoms with van der Waals surface area (Å²) in [5, 5.41) is 3.26. The molecule has 7 nitrogen and oxygen atoms in total. The third-order valence-corrected chi connectivity index (χ3v) is 5.32. The second-order valence-corrected chi connectivity index (χ2v) is 7.62. The number of carbonyl (C=O) groups excluding carboxylic acids is 2. The molecule has 0 aliphatic rings. The number of nitrogens with one attached hydrogen (secondary N) is 2. The molecule has 0 fully saturated rings. The molecule has 2 aromatic carbocycles. The number of hydrogen-bond acceptors (Lipinski definition) is 6. The Morgan fingerprint density at radius 2 is 1.81 bits per heavy atom. The Labute approximate surface area is 184 Å². The minimum Gasteiger partial charge on any atom is -0.494 e. The molecule has 1 amide bonds. The predicted molar refractivity (Wildman–Crippen MR) is 123 cm³/mol. The van der Waals surface area contributed by atoms with Crippen molar-refractivity contribution in [2.45, 2.75) is 19.6 Å². The lowest BCUT2D eigenvalue weighted by Gasteiger charge is -2.08. The van der Waals surface area contributed by atoms with Crippen molar-refractivity contribution in [1.82, 2.24) is 4.98 Å². The number of ether oxygens (including phenoxy) is 2. The quantitative estimate of drug-likeness (QED) is 0.489. The third kappa shape index (κ3) is 6.11. The highest BCUT2D eigenvalue weighted by Crippen LogP contribution is 2.18. The van der Waals surface area contributed by atoms with Gasteiger partial charge in [-0.15, -0.1) is 11.8 Å². The highest BCUT2D eigenvalue weighted by molar-refractivity contribution is 7.99. The highest BCUT2D eigenvalue weighted by Gasteiger charge is 2.10. The Balaban J connectivity index is 1.58. The molecule has 0 saturated heterocycles. The number of fused-ring (bicyclic) bond motifs is 1. The Morgan fingerprint density at radius 3 is 2.52 bits per heavy atom. The van der Waals surface area contributed by atoms with Gasteiger partial charge in [0.2, 0.25) is 5.91 Å². The number of rotatable bonds is 9. The second kappa shape index (κ2) is 10.7. The van der Waals surface area contributed by atoms with Crippen LogP contribution in [-0.2, 0) is 15.3 Å². The number of anilines is 1. The SMILES string of the molecule is CCOC(=O)c1ccc2[nH]c(CSCC(=O)Nc3ccc(OCC)cc3)cc(=O)c2c1. The van der Waals surface area contributed by atoms with Crippen LogP contribution in [0.2, 0.25) is 0 Å². The molecular formula is C23H24N2O5S. The van der Waals surface area contributed by atoms with Gasteiger partial charge in [-0.1, -0.05) is 0 Å². The number of hydrogen-bond donors (Lipinski definition) is 2. The number of benzene rings is 2. The van der Waals surface area contributed by atoms with Gasteiger partial charge in [-0.2, -0.15) is 0 Å². The van der Waals surface area contributed by atoms with Crippen molar-refractivity contribution in [2.24, 2.45) is 0 Å². The monoisotopic (exact) mass is 440 g/mol. The lowest BCUT2D eigenvalue weighted by atomic mass is 10.1. The summed E-state index contributed by atoms with van der Waals surface area (Å²) in [5.41, 5.74) is 2.20. The molecule has 2 N–H and O–H groups in total. The van der Waals surface area contributed by atoms with E-state index in [9.17, 15) is 14.4 Å². The van der Waals surface area contributed by atoms with Crippen molar-refractivity contribution < 1.29 is 19.1 Å². The average Bonchev–Trinajstić information content (AvgIpc) is 2.75. The van der Waals surface area contributed by atoms with Crippen LogP contribution >= 0.6 is 11.8 Å². The fourth-order valence-electron chi connectivity index (χ4n) is 2.97. The number of carbonyl (C=O) groups is 2. The van der Waals surface area contributed by atoms with Gasteiger partial charge < -0.3 is 19.8 Å². The van der Waals surface area contributed by atoms with E-state index in [1.807, 2.05) is 6.92 Å². The summed E-state index contributed by atoms with van der Waals surface area (Å²) in [7, 11) is 0. The van der Waals surface area contributed by atoms with Gasteiger partial charge in [0.05, 0.1) is 24.5 Å². The van der Waals surface area contributed by atoms with Gasteiger partial charge >= 0.3 is 5.97 Å². The first-order chi connectivity index (χ1) is 15.0.